The van der Waals surface area contributed by atoms with Crippen LogP contribution in [0.15, 0.2) is 47.3 Å². The van der Waals surface area contributed by atoms with Gasteiger partial charge in [-0.2, -0.15) is 9.36 Å². The molecule has 1 aliphatic rings. The molecule has 0 fully saturated rings. The topological polar surface area (TPSA) is 82.2 Å². The van der Waals surface area contributed by atoms with Crippen LogP contribution in [0.3, 0.4) is 0 Å². The Bertz CT molecular complexity index is 1090. The van der Waals surface area contributed by atoms with Gasteiger partial charge in [-0.1, -0.05) is 23.7 Å². The van der Waals surface area contributed by atoms with Crippen molar-refractivity contribution in [2.24, 2.45) is 0 Å². The van der Waals surface area contributed by atoms with E-state index in [1.807, 2.05) is 18.2 Å². The number of nitrogens with zero attached hydrogens (tertiary/aromatic N) is 5. The number of anilines is 1. The number of amides is 1. The summed E-state index contributed by atoms with van der Waals surface area (Å²) >= 11 is 6.13. The zero-order valence-corrected chi connectivity index (χ0v) is 16.0. The van der Waals surface area contributed by atoms with E-state index in [0.717, 1.165) is 39.2 Å². The third-order valence-electron chi connectivity index (χ3n) is 4.71. The average Bonchev–Trinajstić information content (AvgIpc) is 3.07. The molecule has 0 radical (unpaired) electrons. The number of fused-ring (bicyclic) bond motifs is 1. The van der Waals surface area contributed by atoms with Gasteiger partial charge in [0, 0.05) is 12.2 Å². The third kappa shape index (κ3) is 3.27. The van der Waals surface area contributed by atoms with E-state index in [2.05, 4.69) is 10.4 Å². The molecule has 2 aromatic carbocycles. The predicted octanol–water partition coefficient (Wildman–Crippen LogP) is 2.07. The van der Waals surface area contributed by atoms with Gasteiger partial charge in [-0.25, -0.2) is 4.79 Å². The van der Waals surface area contributed by atoms with Crippen molar-refractivity contribution in [3.8, 4) is 11.4 Å². The molecule has 0 bridgehead atoms. The summed E-state index contributed by atoms with van der Waals surface area (Å²) < 4.78 is 7.39. The van der Waals surface area contributed by atoms with Crippen molar-refractivity contribution in [2.75, 3.05) is 18.6 Å². The van der Waals surface area contributed by atoms with Crippen LogP contribution in [0.1, 0.15) is 12.0 Å². The quantitative estimate of drug-likeness (QED) is 0.670. The monoisotopic (exact) mass is 399 g/mol. The molecular formula is C19H18ClN5O3. The van der Waals surface area contributed by atoms with Crippen LogP contribution in [0, 0.1) is 0 Å². The Labute approximate surface area is 165 Å². The zero-order chi connectivity index (χ0) is 19.7. The maximum absolute atomic E-state index is 12.9. The highest BCUT2D eigenvalue weighted by molar-refractivity contribution is 6.32. The van der Waals surface area contributed by atoms with Crippen LogP contribution >= 0.6 is 11.6 Å². The number of aromatic nitrogens is 4. The first kappa shape index (κ1) is 18.2. The van der Waals surface area contributed by atoms with Crippen molar-refractivity contribution < 1.29 is 9.53 Å². The predicted molar refractivity (Wildman–Crippen MR) is 104 cm³/mol. The largest absolute Gasteiger partial charge is 0.497 e. The standard InChI is InChI=1S/C19H18ClN5O3/c1-28-14-8-9-16-13(11-14)5-4-10-23(16)18(26)12-24-19(27)25(22-21-24)17-7-3-2-6-15(17)20/h2-3,6-9,11H,4-5,10,12H2,1H3. The van der Waals surface area contributed by atoms with Gasteiger partial charge in [0.25, 0.3) is 0 Å². The van der Waals surface area contributed by atoms with Gasteiger partial charge in [-0.05, 0) is 59.2 Å². The maximum Gasteiger partial charge on any atom is 0.369 e. The summed E-state index contributed by atoms with van der Waals surface area (Å²) in [7, 11) is 1.61. The Kier molecular flexibility index (Phi) is 4.87. The smallest absolute Gasteiger partial charge is 0.369 e. The van der Waals surface area contributed by atoms with Crippen LogP contribution in [0.25, 0.3) is 5.69 Å². The van der Waals surface area contributed by atoms with Gasteiger partial charge in [0.2, 0.25) is 5.91 Å². The second kappa shape index (κ2) is 7.47. The van der Waals surface area contributed by atoms with Crippen molar-refractivity contribution in [1.29, 1.82) is 0 Å². The first-order valence-electron chi connectivity index (χ1n) is 8.83. The highest BCUT2D eigenvalue weighted by Crippen LogP contribution is 2.30. The van der Waals surface area contributed by atoms with Crippen molar-refractivity contribution in [1.82, 2.24) is 19.8 Å². The minimum atomic E-state index is -0.520. The van der Waals surface area contributed by atoms with Gasteiger partial charge >= 0.3 is 5.69 Å². The molecule has 0 unspecified atom stereocenters. The van der Waals surface area contributed by atoms with Gasteiger partial charge in [-0.15, -0.1) is 0 Å². The van der Waals surface area contributed by atoms with Crippen molar-refractivity contribution in [3.05, 3.63) is 63.5 Å². The highest BCUT2D eigenvalue weighted by Gasteiger charge is 2.24. The Morgan fingerprint density at radius 2 is 2.00 bits per heavy atom. The molecule has 144 valence electrons. The fraction of sp³-hybridized carbons (Fsp3) is 0.263. The van der Waals surface area contributed by atoms with E-state index in [1.165, 1.54) is 0 Å². The molecule has 3 aromatic rings. The van der Waals surface area contributed by atoms with Crippen molar-refractivity contribution >= 4 is 23.2 Å². The van der Waals surface area contributed by atoms with Crippen molar-refractivity contribution in [2.45, 2.75) is 19.4 Å². The fourth-order valence-electron chi connectivity index (χ4n) is 3.32. The number of hydrogen-bond donors (Lipinski definition) is 0. The summed E-state index contributed by atoms with van der Waals surface area (Å²) in [5, 5.41) is 8.08. The number of ether oxygens (including phenoxy) is 1. The second-order valence-electron chi connectivity index (χ2n) is 6.43. The lowest BCUT2D eigenvalue weighted by Gasteiger charge is -2.29. The van der Waals surface area contributed by atoms with Crippen LogP contribution < -0.4 is 15.3 Å². The van der Waals surface area contributed by atoms with E-state index in [-0.39, 0.29) is 12.5 Å². The molecule has 0 N–H and O–H groups in total. The van der Waals surface area contributed by atoms with E-state index in [4.69, 9.17) is 16.3 Å². The number of carbonyl (C=O) groups excluding carboxylic acids is 1. The fourth-order valence-corrected chi connectivity index (χ4v) is 3.54. The number of carbonyl (C=O) groups is 1. The van der Waals surface area contributed by atoms with Gasteiger partial charge in [0.15, 0.2) is 0 Å². The minimum Gasteiger partial charge on any atom is -0.497 e. The molecule has 0 atom stereocenters. The number of rotatable bonds is 4. The number of aryl methyl sites for hydroxylation is 1. The molecule has 0 saturated heterocycles. The first-order valence-corrected chi connectivity index (χ1v) is 9.21. The summed E-state index contributed by atoms with van der Waals surface area (Å²) in [6.07, 6.45) is 1.71. The molecule has 1 amide bonds. The number of halogens is 1. The van der Waals surface area contributed by atoms with E-state index >= 15 is 0 Å². The Morgan fingerprint density at radius 3 is 2.79 bits per heavy atom. The number of para-hydroxylation sites is 1. The highest BCUT2D eigenvalue weighted by atomic mass is 35.5. The Morgan fingerprint density at radius 1 is 1.18 bits per heavy atom. The van der Waals surface area contributed by atoms with Crippen molar-refractivity contribution in [3.63, 3.8) is 0 Å². The van der Waals surface area contributed by atoms with Crippen LogP contribution in [0.2, 0.25) is 5.02 Å². The molecule has 0 saturated carbocycles. The van der Waals surface area contributed by atoms with E-state index in [1.54, 1.807) is 36.3 Å². The summed E-state index contributed by atoms with van der Waals surface area (Å²) in [5.41, 5.74) is 1.78. The van der Waals surface area contributed by atoms with Crippen LogP contribution in [-0.4, -0.2) is 39.4 Å². The lowest BCUT2D eigenvalue weighted by molar-refractivity contribution is -0.119. The SMILES string of the molecule is COc1ccc2c(c1)CCCN2C(=O)Cn1nnn(-c2ccccc2Cl)c1=O. The molecule has 2 heterocycles. The van der Waals surface area contributed by atoms with Gasteiger partial charge in [0.05, 0.1) is 17.8 Å². The van der Waals surface area contributed by atoms with Gasteiger partial charge in [-0.3, -0.25) is 4.79 Å². The van der Waals surface area contributed by atoms with Crippen LogP contribution in [0.4, 0.5) is 5.69 Å². The number of benzene rings is 2. The van der Waals surface area contributed by atoms with Gasteiger partial charge in [0.1, 0.15) is 12.3 Å². The maximum atomic E-state index is 12.9. The second-order valence-corrected chi connectivity index (χ2v) is 6.83. The lowest BCUT2D eigenvalue weighted by atomic mass is 10.0. The van der Waals surface area contributed by atoms with E-state index in [9.17, 15) is 9.59 Å². The van der Waals surface area contributed by atoms with Gasteiger partial charge < -0.3 is 9.64 Å². The van der Waals surface area contributed by atoms with Crippen LogP contribution in [0.5, 0.6) is 5.75 Å². The number of tetrazole rings is 1. The molecule has 1 aliphatic heterocycles. The molecular weight excluding hydrogens is 382 g/mol. The lowest BCUT2D eigenvalue weighted by Crippen LogP contribution is -2.40. The molecule has 0 spiro atoms. The normalized spacial score (nSPS) is 13.3. The zero-order valence-electron chi connectivity index (χ0n) is 15.2. The molecule has 8 nitrogen and oxygen atoms in total. The summed E-state index contributed by atoms with van der Waals surface area (Å²) in [4.78, 5) is 27.2. The number of methoxy groups -OCH3 is 1. The van der Waals surface area contributed by atoms with E-state index < -0.39 is 5.69 Å². The Hall–Kier alpha value is -3.13. The molecule has 0 aliphatic carbocycles. The van der Waals surface area contributed by atoms with Crippen LogP contribution in [-0.2, 0) is 17.8 Å². The minimum absolute atomic E-state index is 0.200. The Balaban J connectivity index is 1.59. The molecule has 9 heteroatoms. The van der Waals surface area contributed by atoms with E-state index in [0.29, 0.717) is 17.3 Å². The summed E-state index contributed by atoms with van der Waals surface area (Å²) in [5.74, 6) is 0.534. The number of hydrogen-bond acceptors (Lipinski definition) is 5. The molecule has 4 rings (SSSR count). The third-order valence-corrected chi connectivity index (χ3v) is 5.03. The molecule has 1 aromatic heterocycles. The summed E-state index contributed by atoms with van der Waals surface area (Å²) in [6, 6.07) is 12.5. The molecule has 28 heavy (non-hydrogen) atoms. The summed E-state index contributed by atoms with van der Waals surface area (Å²) in [6.45, 7) is 0.389. The first-order chi connectivity index (χ1) is 13.6. The average molecular weight is 400 g/mol.